The Morgan fingerprint density at radius 2 is 1.70 bits per heavy atom. The maximum absolute atomic E-state index is 12.3. The predicted octanol–water partition coefficient (Wildman–Crippen LogP) is 1.92. The summed E-state index contributed by atoms with van der Waals surface area (Å²) in [4.78, 5) is 34.7. The van der Waals surface area contributed by atoms with E-state index in [9.17, 15) is 14.4 Å². The molecule has 0 bridgehead atoms. The van der Waals surface area contributed by atoms with Crippen LogP contribution in [-0.4, -0.2) is 17.7 Å². The molecule has 0 fully saturated rings. The molecule has 0 aromatic heterocycles. The molecule has 116 valence electrons. The Kier molecular flexibility index (Phi) is 3.80. The number of fused-ring (bicyclic) bond motifs is 1. The summed E-state index contributed by atoms with van der Waals surface area (Å²) < 4.78 is 0. The van der Waals surface area contributed by atoms with Crippen LogP contribution in [0.3, 0.4) is 0 Å². The van der Waals surface area contributed by atoms with E-state index in [1.165, 1.54) is 0 Å². The van der Waals surface area contributed by atoms with Crippen molar-refractivity contribution in [3.63, 3.8) is 0 Å². The van der Waals surface area contributed by atoms with Crippen molar-refractivity contribution in [1.82, 2.24) is 0 Å². The third-order valence-corrected chi connectivity index (χ3v) is 3.69. The molecule has 3 amide bonds. The fourth-order valence-corrected chi connectivity index (χ4v) is 2.45. The summed E-state index contributed by atoms with van der Waals surface area (Å²) >= 11 is 0. The van der Waals surface area contributed by atoms with Gasteiger partial charge in [0.25, 0.3) is 5.91 Å². The van der Waals surface area contributed by atoms with Crippen LogP contribution in [0.15, 0.2) is 42.5 Å². The van der Waals surface area contributed by atoms with Crippen LogP contribution < -0.4 is 16.4 Å². The summed E-state index contributed by atoms with van der Waals surface area (Å²) in [5.41, 5.74) is 8.34. The number of nitrogens with one attached hydrogen (secondary N) is 2. The third-order valence-electron chi connectivity index (χ3n) is 3.69. The SMILES string of the molecule is NC(=O)c1ccc(NC(=O)c2ccc3c(c2)CCC(=O)N3)cc1. The van der Waals surface area contributed by atoms with Crippen molar-refractivity contribution in [1.29, 1.82) is 0 Å². The molecule has 6 nitrogen and oxygen atoms in total. The van der Waals surface area contributed by atoms with E-state index in [0.29, 0.717) is 29.7 Å². The second-order valence-corrected chi connectivity index (χ2v) is 5.32. The quantitative estimate of drug-likeness (QED) is 0.807. The fourth-order valence-electron chi connectivity index (χ4n) is 2.45. The molecule has 1 aliphatic rings. The first-order valence-corrected chi connectivity index (χ1v) is 7.17. The number of benzene rings is 2. The molecular formula is C17H15N3O3. The molecule has 3 rings (SSSR count). The van der Waals surface area contributed by atoms with E-state index in [2.05, 4.69) is 10.6 Å². The molecule has 1 heterocycles. The molecule has 2 aromatic carbocycles. The Morgan fingerprint density at radius 3 is 2.39 bits per heavy atom. The lowest BCUT2D eigenvalue weighted by molar-refractivity contribution is -0.116. The molecule has 0 saturated carbocycles. The second-order valence-electron chi connectivity index (χ2n) is 5.32. The number of anilines is 2. The van der Waals surface area contributed by atoms with Crippen molar-refractivity contribution < 1.29 is 14.4 Å². The van der Waals surface area contributed by atoms with Gasteiger partial charge < -0.3 is 16.4 Å². The van der Waals surface area contributed by atoms with Gasteiger partial charge in [-0.15, -0.1) is 0 Å². The third kappa shape index (κ3) is 3.21. The van der Waals surface area contributed by atoms with Crippen LogP contribution in [-0.2, 0) is 11.2 Å². The van der Waals surface area contributed by atoms with Crippen molar-refractivity contribution in [2.75, 3.05) is 10.6 Å². The number of amides is 3. The van der Waals surface area contributed by atoms with E-state index in [4.69, 9.17) is 5.73 Å². The number of hydrogen-bond donors (Lipinski definition) is 3. The Bertz CT molecular complexity index is 797. The Balaban J connectivity index is 1.75. The zero-order valence-corrected chi connectivity index (χ0v) is 12.3. The van der Waals surface area contributed by atoms with Crippen molar-refractivity contribution in [2.45, 2.75) is 12.8 Å². The average Bonchev–Trinajstić information content (AvgIpc) is 2.54. The molecule has 4 N–H and O–H groups in total. The van der Waals surface area contributed by atoms with Crippen LogP contribution in [0, 0.1) is 0 Å². The Morgan fingerprint density at radius 1 is 1.00 bits per heavy atom. The van der Waals surface area contributed by atoms with Crippen LogP contribution in [0.2, 0.25) is 0 Å². The number of hydrogen-bond acceptors (Lipinski definition) is 3. The van der Waals surface area contributed by atoms with E-state index >= 15 is 0 Å². The highest BCUT2D eigenvalue weighted by Gasteiger charge is 2.16. The van der Waals surface area contributed by atoms with Gasteiger partial charge in [-0.05, 0) is 54.4 Å². The van der Waals surface area contributed by atoms with E-state index in [1.807, 2.05) is 0 Å². The van der Waals surface area contributed by atoms with Gasteiger partial charge >= 0.3 is 0 Å². The molecule has 0 unspecified atom stereocenters. The Hall–Kier alpha value is -3.15. The van der Waals surface area contributed by atoms with Gasteiger partial charge in [-0.3, -0.25) is 14.4 Å². The van der Waals surface area contributed by atoms with Gasteiger partial charge in [0.05, 0.1) is 0 Å². The first-order valence-electron chi connectivity index (χ1n) is 7.17. The summed E-state index contributed by atoms with van der Waals surface area (Å²) in [7, 11) is 0. The van der Waals surface area contributed by atoms with Crippen molar-refractivity contribution in [3.8, 4) is 0 Å². The van der Waals surface area contributed by atoms with E-state index in [0.717, 1.165) is 11.3 Å². The summed E-state index contributed by atoms with van der Waals surface area (Å²) in [5.74, 6) is -0.777. The summed E-state index contributed by atoms with van der Waals surface area (Å²) in [6.45, 7) is 0. The summed E-state index contributed by atoms with van der Waals surface area (Å²) in [6.07, 6.45) is 1.04. The number of aryl methyl sites for hydroxylation is 1. The molecule has 6 heteroatoms. The van der Waals surface area contributed by atoms with Crippen LogP contribution in [0.4, 0.5) is 11.4 Å². The van der Waals surface area contributed by atoms with Gasteiger partial charge in [0.2, 0.25) is 11.8 Å². The lowest BCUT2D eigenvalue weighted by Crippen LogP contribution is -2.20. The number of nitrogens with two attached hydrogens (primary N) is 1. The minimum Gasteiger partial charge on any atom is -0.366 e. The largest absolute Gasteiger partial charge is 0.366 e. The highest BCUT2D eigenvalue weighted by Crippen LogP contribution is 2.24. The molecule has 2 aromatic rings. The molecule has 0 atom stereocenters. The van der Waals surface area contributed by atoms with Crippen LogP contribution in [0.5, 0.6) is 0 Å². The lowest BCUT2D eigenvalue weighted by atomic mass is 10.00. The normalized spacial score (nSPS) is 13.0. The van der Waals surface area contributed by atoms with Crippen LogP contribution in [0.1, 0.15) is 32.7 Å². The number of rotatable bonds is 3. The van der Waals surface area contributed by atoms with Gasteiger partial charge in [0.15, 0.2) is 0 Å². The molecule has 0 saturated heterocycles. The second kappa shape index (κ2) is 5.92. The average molecular weight is 309 g/mol. The molecule has 23 heavy (non-hydrogen) atoms. The zero-order chi connectivity index (χ0) is 16.4. The molecule has 0 aliphatic carbocycles. The van der Waals surface area contributed by atoms with Gasteiger partial charge in [-0.1, -0.05) is 0 Å². The maximum Gasteiger partial charge on any atom is 0.255 e. The fraction of sp³-hybridized carbons (Fsp3) is 0.118. The topological polar surface area (TPSA) is 101 Å². The monoisotopic (exact) mass is 309 g/mol. The number of primary amides is 1. The van der Waals surface area contributed by atoms with Crippen LogP contribution in [0.25, 0.3) is 0 Å². The summed E-state index contributed by atoms with van der Waals surface area (Å²) in [5, 5.41) is 5.54. The van der Waals surface area contributed by atoms with Gasteiger partial charge in [0, 0.05) is 28.9 Å². The van der Waals surface area contributed by atoms with Gasteiger partial charge in [0.1, 0.15) is 0 Å². The van der Waals surface area contributed by atoms with E-state index < -0.39 is 5.91 Å². The van der Waals surface area contributed by atoms with Gasteiger partial charge in [-0.25, -0.2) is 0 Å². The van der Waals surface area contributed by atoms with E-state index in [1.54, 1.807) is 42.5 Å². The molecular weight excluding hydrogens is 294 g/mol. The highest BCUT2D eigenvalue weighted by atomic mass is 16.2. The standard InChI is InChI=1S/C17H15N3O3/c18-16(22)10-1-5-13(6-2-10)19-17(23)12-3-7-14-11(9-12)4-8-15(21)20-14/h1-3,5-7,9H,4,8H2,(H2,18,22)(H,19,23)(H,20,21). The molecule has 1 aliphatic heterocycles. The van der Waals surface area contributed by atoms with E-state index in [-0.39, 0.29) is 11.8 Å². The minimum atomic E-state index is -0.514. The zero-order valence-electron chi connectivity index (χ0n) is 12.3. The minimum absolute atomic E-state index is 0.00996. The van der Waals surface area contributed by atoms with Crippen LogP contribution >= 0.6 is 0 Å². The summed E-state index contributed by atoms with van der Waals surface area (Å²) in [6, 6.07) is 11.5. The predicted molar refractivity (Wildman–Crippen MR) is 86.3 cm³/mol. The number of carbonyl (C=O) groups excluding carboxylic acids is 3. The Labute approximate surface area is 132 Å². The maximum atomic E-state index is 12.3. The van der Waals surface area contributed by atoms with Crippen molar-refractivity contribution >= 4 is 29.1 Å². The molecule has 0 spiro atoms. The first kappa shape index (κ1) is 14.8. The van der Waals surface area contributed by atoms with Crippen molar-refractivity contribution in [2.24, 2.45) is 5.73 Å². The number of carbonyl (C=O) groups is 3. The van der Waals surface area contributed by atoms with Crippen molar-refractivity contribution in [3.05, 3.63) is 59.2 Å². The molecule has 0 radical (unpaired) electrons. The van der Waals surface area contributed by atoms with Gasteiger partial charge in [-0.2, -0.15) is 0 Å². The lowest BCUT2D eigenvalue weighted by Gasteiger charge is -2.17. The first-order chi connectivity index (χ1) is 11.0. The highest BCUT2D eigenvalue weighted by molar-refractivity contribution is 6.05. The smallest absolute Gasteiger partial charge is 0.255 e.